The highest BCUT2D eigenvalue weighted by Gasteiger charge is 2.12. The van der Waals surface area contributed by atoms with Crippen LogP contribution in [0.2, 0.25) is 0 Å². The normalized spacial score (nSPS) is 11.1. The maximum absolute atomic E-state index is 12.5. The lowest BCUT2D eigenvalue weighted by molar-refractivity contribution is 0.104. The largest absolute Gasteiger partial charge is 0.497 e. The van der Waals surface area contributed by atoms with Crippen LogP contribution in [0.1, 0.15) is 29.8 Å². The van der Waals surface area contributed by atoms with E-state index < -0.39 is 0 Å². The maximum atomic E-state index is 12.5. The second-order valence-corrected chi connectivity index (χ2v) is 4.72. The van der Waals surface area contributed by atoms with Gasteiger partial charge in [0, 0.05) is 18.5 Å². The Labute approximate surface area is 130 Å². The number of ether oxygens (including phenoxy) is 2. The minimum atomic E-state index is -0.0968. The molecule has 0 atom stereocenters. The molecule has 1 aromatic heterocycles. The quantitative estimate of drug-likeness (QED) is 0.601. The summed E-state index contributed by atoms with van der Waals surface area (Å²) in [6.07, 6.45) is 5.02. The van der Waals surface area contributed by atoms with Gasteiger partial charge in [-0.3, -0.25) is 9.78 Å². The fourth-order valence-corrected chi connectivity index (χ4v) is 2.08. The Bertz CT molecular complexity index is 678. The number of aromatic nitrogens is 1. The molecule has 1 heterocycles. The highest BCUT2D eigenvalue weighted by molar-refractivity contribution is 6.10. The van der Waals surface area contributed by atoms with Crippen LogP contribution in [0.15, 0.2) is 48.8 Å². The SMILES string of the molecule is CCOc1cc(OC)ccc1C(=O)C=C(C)c1ccncc1. The Morgan fingerprint density at radius 2 is 1.95 bits per heavy atom. The summed E-state index contributed by atoms with van der Waals surface area (Å²) in [7, 11) is 1.58. The predicted molar refractivity (Wildman–Crippen MR) is 86.4 cm³/mol. The van der Waals surface area contributed by atoms with Crippen molar-refractivity contribution in [2.24, 2.45) is 0 Å². The van der Waals surface area contributed by atoms with Gasteiger partial charge in [-0.2, -0.15) is 0 Å². The first-order valence-corrected chi connectivity index (χ1v) is 7.09. The van der Waals surface area contributed by atoms with Crippen molar-refractivity contribution in [3.05, 3.63) is 59.9 Å². The van der Waals surface area contributed by atoms with Crippen LogP contribution in [0.3, 0.4) is 0 Å². The van der Waals surface area contributed by atoms with Gasteiger partial charge in [0.05, 0.1) is 19.3 Å². The molecular weight excluding hydrogens is 278 g/mol. The summed E-state index contributed by atoms with van der Waals surface area (Å²) in [5.74, 6) is 1.10. The zero-order valence-electron chi connectivity index (χ0n) is 13.0. The molecule has 0 N–H and O–H groups in total. The van der Waals surface area contributed by atoms with Crippen LogP contribution in [-0.4, -0.2) is 24.5 Å². The summed E-state index contributed by atoms with van der Waals surface area (Å²) in [6, 6.07) is 8.95. The Morgan fingerprint density at radius 3 is 2.59 bits per heavy atom. The van der Waals surface area contributed by atoms with Gasteiger partial charge in [0.25, 0.3) is 0 Å². The van der Waals surface area contributed by atoms with Crippen molar-refractivity contribution in [2.45, 2.75) is 13.8 Å². The smallest absolute Gasteiger partial charge is 0.189 e. The molecule has 114 valence electrons. The molecule has 4 heteroatoms. The number of rotatable bonds is 6. The molecule has 2 aromatic rings. The van der Waals surface area contributed by atoms with Crippen LogP contribution in [-0.2, 0) is 0 Å². The topological polar surface area (TPSA) is 48.4 Å². The van der Waals surface area contributed by atoms with Crippen LogP contribution >= 0.6 is 0 Å². The Balaban J connectivity index is 2.33. The van der Waals surface area contributed by atoms with Crippen LogP contribution in [0.4, 0.5) is 0 Å². The van der Waals surface area contributed by atoms with Gasteiger partial charge in [-0.1, -0.05) is 0 Å². The van der Waals surface area contributed by atoms with Crippen LogP contribution in [0.25, 0.3) is 5.57 Å². The zero-order valence-corrected chi connectivity index (χ0v) is 13.0. The van der Waals surface area contributed by atoms with E-state index in [0.29, 0.717) is 23.7 Å². The molecule has 0 bridgehead atoms. The number of methoxy groups -OCH3 is 1. The van der Waals surface area contributed by atoms with E-state index in [4.69, 9.17) is 9.47 Å². The maximum Gasteiger partial charge on any atom is 0.189 e. The molecule has 0 spiro atoms. The third-order valence-electron chi connectivity index (χ3n) is 3.24. The van der Waals surface area contributed by atoms with E-state index in [0.717, 1.165) is 11.1 Å². The summed E-state index contributed by atoms with van der Waals surface area (Å²) >= 11 is 0. The molecule has 0 radical (unpaired) electrons. The van der Waals surface area contributed by atoms with Gasteiger partial charge >= 0.3 is 0 Å². The summed E-state index contributed by atoms with van der Waals surface area (Å²) in [5.41, 5.74) is 2.37. The Kier molecular flexibility index (Phi) is 5.31. The third-order valence-corrected chi connectivity index (χ3v) is 3.24. The van der Waals surface area contributed by atoms with Gasteiger partial charge in [-0.05, 0) is 55.3 Å². The average Bonchev–Trinajstić information content (AvgIpc) is 2.55. The van der Waals surface area contributed by atoms with E-state index in [1.54, 1.807) is 43.8 Å². The molecule has 0 aliphatic heterocycles. The zero-order chi connectivity index (χ0) is 15.9. The molecule has 0 amide bonds. The lowest BCUT2D eigenvalue weighted by Crippen LogP contribution is -2.03. The summed E-state index contributed by atoms with van der Waals surface area (Å²) in [6.45, 7) is 4.27. The molecule has 2 rings (SSSR count). The van der Waals surface area contributed by atoms with Crippen molar-refractivity contribution in [3.63, 3.8) is 0 Å². The molecule has 0 saturated heterocycles. The first-order chi connectivity index (χ1) is 10.7. The number of pyridine rings is 1. The minimum absolute atomic E-state index is 0.0968. The number of hydrogen-bond acceptors (Lipinski definition) is 4. The Hall–Kier alpha value is -2.62. The number of carbonyl (C=O) groups is 1. The molecule has 0 fully saturated rings. The number of allylic oxidation sites excluding steroid dienone is 2. The molecule has 0 aliphatic carbocycles. The van der Waals surface area contributed by atoms with Gasteiger partial charge in [0.2, 0.25) is 0 Å². The first kappa shape index (κ1) is 15.8. The van der Waals surface area contributed by atoms with Crippen molar-refractivity contribution in [2.75, 3.05) is 13.7 Å². The molecular formula is C18H19NO3. The van der Waals surface area contributed by atoms with Crippen molar-refractivity contribution in [1.82, 2.24) is 4.98 Å². The van der Waals surface area contributed by atoms with Gasteiger partial charge < -0.3 is 9.47 Å². The number of ketones is 1. The van der Waals surface area contributed by atoms with E-state index in [2.05, 4.69) is 4.98 Å². The van der Waals surface area contributed by atoms with Gasteiger partial charge in [0.1, 0.15) is 11.5 Å². The van der Waals surface area contributed by atoms with Crippen molar-refractivity contribution in [3.8, 4) is 11.5 Å². The van der Waals surface area contributed by atoms with Crippen molar-refractivity contribution >= 4 is 11.4 Å². The highest BCUT2D eigenvalue weighted by Crippen LogP contribution is 2.26. The van der Waals surface area contributed by atoms with Crippen LogP contribution in [0, 0.1) is 0 Å². The van der Waals surface area contributed by atoms with E-state index in [1.165, 1.54) is 0 Å². The van der Waals surface area contributed by atoms with E-state index in [1.807, 2.05) is 26.0 Å². The van der Waals surface area contributed by atoms with Gasteiger partial charge in [0.15, 0.2) is 5.78 Å². The fraction of sp³-hybridized carbons (Fsp3) is 0.222. The Morgan fingerprint density at radius 1 is 1.23 bits per heavy atom. The fourth-order valence-electron chi connectivity index (χ4n) is 2.08. The molecule has 0 saturated carbocycles. The first-order valence-electron chi connectivity index (χ1n) is 7.09. The van der Waals surface area contributed by atoms with Gasteiger partial charge in [-0.25, -0.2) is 0 Å². The average molecular weight is 297 g/mol. The van der Waals surface area contributed by atoms with E-state index >= 15 is 0 Å². The minimum Gasteiger partial charge on any atom is -0.497 e. The van der Waals surface area contributed by atoms with E-state index in [9.17, 15) is 4.79 Å². The lowest BCUT2D eigenvalue weighted by atomic mass is 10.0. The summed E-state index contributed by atoms with van der Waals surface area (Å²) in [5, 5.41) is 0. The summed E-state index contributed by atoms with van der Waals surface area (Å²) < 4.78 is 10.7. The molecule has 0 aliphatic rings. The third kappa shape index (κ3) is 3.73. The predicted octanol–water partition coefficient (Wildman–Crippen LogP) is 3.78. The number of nitrogens with zero attached hydrogens (tertiary/aromatic N) is 1. The van der Waals surface area contributed by atoms with Crippen LogP contribution in [0.5, 0.6) is 11.5 Å². The highest BCUT2D eigenvalue weighted by atomic mass is 16.5. The molecule has 22 heavy (non-hydrogen) atoms. The van der Waals surface area contributed by atoms with Crippen molar-refractivity contribution < 1.29 is 14.3 Å². The van der Waals surface area contributed by atoms with E-state index in [-0.39, 0.29) is 5.78 Å². The molecule has 0 unspecified atom stereocenters. The van der Waals surface area contributed by atoms with Crippen LogP contribution < -0.4 is 9.47 Å². The second-order valence-electron chi connectivity index (χ2n) is 4.72. The molecule has 1 aromatic carbocycles. The summed E-state index contributed by atoms with van der Waals surface area (Å²) in [4.78, 5) is 16.5. The monoisotopic (exact) mass is 297 g/mol. The second kappa shape index (κ2) is 7.41. The number of hydrogen-bond donors (Lipinski definition) is 0. The standard InChI is InChI=1S/C18H19NO3/c1-4-22-18-12-15(21-3)5-6-16(18)17(20)11-13(2)14-7-9-19-10-8-14/h5-12H,4H2,1-3H3. The van der Waals surface area contributed by atoms with Crippen molar-refractivity contribution in [1.29, 1.82) is 0 Å². The lowest BCUT2D eigenvalue weighted by Gasteiger charge is -2.10. The number of carbonyl (C=O) groups excluding carboxylic acids is 1. The van der Waals surface area contributed by atoms with Gasteiger partial charge in [-0.15, -0.1) is 0 Å². The number of benzene rings is 1. The molecule has 4 nitrogen and oxygen atoms in total.